The highest BCUT2D eigenvalue weighted by Gasteiger charge is 2.15. The molecule has 3 aromatic heterocycles. The van der Waals surface area contributed by atoms with Crippen molar-refractivity contribution in [3.63, 3.8) is 0 Å². The Hall–Kier alpha value is -2.40. The van der Waals surface area contributed by atoms with Crippen molar-refractivity contribution < 1.29 is 4.42 Å². The zero-order valence-corrected chi connectivity index (χ0v) is 12.2. The van der Waals surface area contributed by atoms with Crippen LogP contribution in [-0.2, 0) is 0 Å². The summed E-state index contributed by atoms with van der Waals surface area (Å²) in [5.41, 5.74) is 2.66. The minimum Gasteiger partial charge on any atom is -0.453 e. The SMILES string of the molecule is Cc1ccc2oc(-c3nnc4cc(Cl)nc(C)n34)cc2c1. The van der Waals surface area contributed by atoms with E-state index in [2.05, 4.69) is 28.2 Å². The molecule has 0 aliphatic rings. The van der Waals surface area contributed by atoms with Gasteiger partial charge in [0.1, 0.15) is 16.6 Å². The molecule has 0 fully saturated rings. The van der Waals surface area contributed by atoms with Gasteiger partial charge in [-0.05, 0) is 32.0 Å². The maximum Gasteiger partial charge on any atom is 0.205 e. The van der Waals surface area contributed by atoms with Crippen molar-refractivity contribution in [2.24, 2.45) is 0 Å². The summed E-state index contributed by atoms with van der Waals surface area (Å²) in [6.45, 7) is 3.91. The van der Waals surface area contributed by atoms with E-state index in [-0.39, 0.29) is 0 Å². The molecule has 0 spiro atoms. The Morgan fingerprint density at radius 3 is 2.81 bits per heavy atom. The number of hydrogen-bond acceptors (Lipinski definition) is 4. The zero-order valence-electron chi connectivity index (χ0n) is 11.5. The molecule has 0 N–H and O–H groups in total. The number of hydrogen-bond donors (Lipinski definition) is 0. The first-order valence-corrected chi connectivity index (χ1v) is 6.88. The predicted molar refractivity (Wildman–Crippen MR) is 80.5 cm³/mol. The molecule has 104 valence electrons. The van der Waals surface area contributed by atoms with Crippen molar-refractivity contribution in [1.29, 1.82) is 0 Å². The van der Waals surface area contributed by atoms with Gasteiger partial charge in [0.05, 0.1) is 0 Å². The molecule has 4 aromatic rings. The molecule has 0 atom stereocenters. The van der Waals surface area contributed by atoms with Crippen LogP contribution in [0.3, 0.4) is 0 Å². The predicted octanol–water partition coefficient (Wildman–Crippen LogP) is 3.81. The molecule has 1 aromatic carbocycles. The third kappa shape index (κ3) is 1.89. The van der Waals surface area contributed by atoms with Crippen LogP contribution in [0.15, 0.2) is 34.7 Å². The van der Waals surface area contributed by atoms with Gasteiger partial charge in [-0.15, -0.1) is 10.2 Å². The van der Waals surface area contributed by atoms with Crippen LogP contribution in [0, 0.1) is 13.8 Å². The fourth-order valence-electron chi connectivity index (χ4n) is 2.48. The van der Waals surface area contributed by atoms with Crippen LogP contribution in [0.1, 0.15) is 11.4 Å². The smallest absolute Gasteiger partial charge is 0.205 e. The van der Waals surface area contributed by atoms with E-state index in [9.17, 15) is 0 Å². The number of furan rings is 1. The van der Waals surface area contributed by atoms with Crippen molar-refractivity contribution in [2.75, 3.05) is 0 Å². The van der Waals surface area contributed by atoms with Crippen LogP contribution < -0.4 is 0 Å². The Morgan fingerprint density at radius 1 is 1.10 bits per heavy atom. The second-order valence-electron chi connectivity index (χ2n) is 5.00. The van der Waals surface area contributed by atoms with E-state index in [1.165, 1.54) is 5.56 Å². The van der Waals surface area contributed by atoms with Gasteiger partial charge in [-0.25, -0.2) is 4.98 Å². The van der Waals surface area contributed by atoms with Gasteiger partial charge in [-0.1, -0.05) is 23.2 Å². The zero-order chi connectivity index (χ0) is 14.6. The van der Waals surface area contributed by atoms with Crippen LogP contribution in [0.5, 0.6) is 0 Å². The van der Waals surface area contributed by atoms with Gasteiger partial charge in [0.25, 0.3) is 0 Å². The second kappa shape index (κ2) is 4.30. The van der Waals surface area contributed by atoms with Crippen LogP contribution >= 0.6 is 11.6 Å². The maximum absolute atomic E-state index is 5.95. The second-order valence-corrected chi connectivity index (χ2v) is 5.38. The van der Waals surface area contributed by atoms with Gasteiger partial charge in [-0.2, -0.15) is 0 Å². The van der Waals surface area contributed by atoms with Crippen LogP contribution in [0.2, 0.25) is 5.15 Å². The van der Waals surface area contributed by atoms with Gasteiger partial charge in [0.15, 0.2) is 11.4 Å². The Morgan fingerprint density at radius 2 is 1.95 bits per heavy atom. The number of aryl methyl sites for hydroxylation is 2. The largest absolute Gasteiger partial charge is 0.453 e. The number of benzene rings is 1. The fourth-order valence-corrected chi connectivity index (χ4v) is 2.70. The minimum atomic E-state index is 0.402. The topological polar surface area (TPSA) is 56.2 Å². The van der Waals surface area contributed by atoms with Gasteiger partial charge in [0.2, 0.25) is 5.82 Å². The first kappa shape index (κ1) is 12.3. The van der Waals surface area contributed by atoms with E-state index in [1.807, 2.05) is 29.5 Å². The summed E-state index contributed by atoms with van der Waals surface area (Å²) in [4.78, 5) is 4.23. The average molecular weight is 299 g/mol. The number of aromatic nitrogens is 4. The van der Waals surface area contributed by atoms with Crippen molar-refractivity contribution in [3.8, 4) is 11.6 Å². The van der Waals surface area contributed by atoms with E-state index in [0.29, 0.717) is 28.2 Å². The number of fused-ring (bicyclic) bond motifs is 2. The molecule has 0 aliphatic carbocycles. The van der Waals surface area contributed by atoms with Crippen LogP contribution in [0.4, 0.5) is 0 Å². The van der Waals surface area contributed by atoms with Gasteiger partial charge < -0.3 is 4.42 Å². The number of nitrogens with zero attached hydrogens (tertiary/aromatic N) is 4. The Labute approximate surface area is 125 Å². The van der Waals surface area contributed by atoms with E-state index >= 15 is 0 Å². The lowest BCUT2D eigenvalue weighted by Gasteiger charge is -2.01. The Bertz CT molecular complexity index is 986. The lowest BCUT2D eigenvalue weighted by molar-refractivity contribution is 0.623. The molecule has 4 rings (SSSR count). The quantitative estimate of drug-likeness (QED) is 0.501. The summed E-state index contributed by atoms with van der Waals surface area (Å²) in [6, 6.07) is 9.70. The molecule has 6 heteroatoms. The van der Waals surface area contributed by atoms with Crippen molar-refractivity contribution in [3.05, 3.63) is 46.9 Å². The highest BCUT2D eigenvalue weighted by Crippen LogP contribution is 2.28. The molecule has 5 nitrogen and oxygen atoms in total. The fraction of sp³-hybridized carbons (Fsp3) is 0.133. The normalized spacial score (nSPS) is 11.6. The molecule has 0 radical (unpaired) electrons. The summed E-state index contributed by atoms with van der Waals surface area (Å²) < 4.78 is 7.71. The number of rotatable bonds is 1. The summed E-state index contributed by atoms with van der Waals surface area (Å²) in [5.74, 6) is 2.00. The van der Waals surface area contributed by atoms with Gasteiger partial charge >= 0.3 is 0 Å². The first-order valence-electron chi connectivity index (χ1n) is 6.51. The van der Waals surface area contributed by atoms with Gasteiger partial charge in [-0.3, -0.25) is 4.40 Å². The number of halogens is 1. The third-order valence-corrected chi connectivity index (χ3v) is 3.61. The molecule has 0 amide bonds. The molecule has 0 bridgehead atoms. The molecule has 21 heavy (non-hydrogen) atoms. The highest BCUT2D eigenvalue weighted by atomic mass is 35.5. The summed E-state index contributed by atoms with van der Waals surface area (Å²) in [5, 5.41) is 9.78. The first-order chi connectivity index (χ1) is 10.1. The van der Waals surface area contributed by atoms with E-state index in [0.717, 1.165) is 11.0 Å². The Balaban J connectivity index is 2.00. The maximum atomic E-state index is 5.95. The van der Waals surface area contributed by atoms with Crippen molar-refractivity contribution >= 4 is 28.2 Å². The highest BCUT2D eigenvalue weighted by molar-refractivity contribution is 6.29. The lowest BCUT2D eigenvalue weighted by Crippen LogP contribution is -1.97. The molecule has 0 saturated carbocycles. The van der Waals surface area contributed by atoms with E-state index in [1.54, 1.807) is 6.07 Å². The van der Waals surface area contributed by atoms with Crippen LogP contribution in [0.25, 0.3) is 28.2 Å². The standard InChI is InChI=1S/C15H11ClN4O/c1-8-3-4-11-10(5-8)6-12(21-11)15-19-18-14-7-13(16)17-9(2)20(14)15/h3-7H,1-2H3. The molecular weight excluding hydrogens is 288 g/mol. The van der Waals surface area contributed by atoms with E-state index < -0.39 is 0 Å². The lowest BCUT2D eigenvalue weighted by atomic mass is 10.2. The molecule has 0 saturated heterocycles. The van der Waals surface area contributed by atoms with Crippen LogP contribution in [-0.4, -0.2) is 19.6 Å². The van der Waals surface area contributed by atoms with Gasteiger partial charge in [0, 0.05) is 11.5 Å². The van der Waals surface area contributed by atoms with Crippen molar-refractivity contribution in [2.45, 2.75) is 13.8 Å². The monoisotopic (exact) mass is 298 g/mol. The Kier molecular flexibility index (Phi) is 2.53. The van der Waals surface area contributed by atoms with E-state index in [4.69, 9.17) is 16.0 Å². The minimum absolute atomic E-state index is 0.402. The summed E-state index contributed by atoms with van der Waals surface area (Å²) >= 11 is 5.95. The third-order valence-electron chi connectivity index (χ3n) is 3.42. The molecular formula is C15H11ClN4O. The van der Waals surface area contributed by atoms with Crippen molar-refractivity contribution in [1.82, 2.24) is 19.6 Å². The molecule has 0 unspecified atom stereocenters. The molecule has 3 heterocycles. The summed E-state index contributed by atoms with van der Waals surface area (Å²) in [6.07, 6.45) is 0. The summed E-state index contributed by atoms with van der Waals surface area (Å²) in [7, 11) is 0. The average Bonchev–Trinajstić information content (AvgIpc) is 3.01. The molecule has 0 aliphatic heterocycles.